The molecule has 0 N–H and O–H groups in total. The number of hydrogen-bond acceptors (Lipinski definition) is 5. The molecule has 0 bridgehead atoms. The van der Waals surface area contributed by atoms with E-state index in [4.69, 9.17) is 14.2 Å². The molecule has 35 heavy (non-hydrogen) atoms. The number of ether oxygens (including phenoxy) is 3. The van der Waals surface area contributed by atoms with Gasteiger partial charge in [-0.1, -0.05) is 65.2 Å². The molecule has 5 nitrogen and oxygen atoms in total. The Morgan fingerprint density at radius 1 is 0.657 bits per heavy atom. The second-order valence-electron chi connectivity index (χ2n) is 11.1. The van der Waals surface area contributed by atoms with Crippen LogP contribution in [0.2, 0.25) is 0 Å². The summed E-state index contributed by atoms with van der Waals surface area (Å²) in [4.78, 5) is 25.2. The van der Waals surface area contributed by atoms with E-state index >= 15 is 0 Å². The second kappa shape index (κ2) is 18.2. The van der Waals surface area contributed by atoms with E-state index in [1.165, 1.54) is 51.4 Å². The van der Waals surface area contributed by atoms with Crippen molar-refractivity contribution in [2.75, 3.05) is 6.61 Å². The van der Waals surface area contributed by atoms with Gasteiger partial charge in [-0.05, 0) is 77.6 Å². The van der Waals surface area contributed by atoms with Crippen LogP contribution in [0, 0.1) is 11.8 Å². The van der Waals surface area contributed by atoms with E-state index < -0.39 is 0 Å². The van der Waals surface area contributed by atoms with Gasteiger partial charge in [0, 0.05) is 6.61 Å². The summed E-state index contributed by atoms with van der Waals surface area (Å²) in [5, 5.41) is 0. The van der Waals surface area contributed by atoms with Crippen molar-refractivity contribution in [3.8, 4) is 0 Å². The minimum absolute atomic E-state index is 0.000177. The monoisotopic (exact) mass is 494 g/mol. The SMILES string of the molecule is CCCCCCCCOC1CCC(C(=O)OC2CCC(C(=O)OC(C)CCCCCC)CC2)CC1. The van der Waals surface area contributed by atoms with Crippen LogP contribution in [0.25, 0.3) is 0 Å². The molecule has 0 aliphatic heterocycles. The molecule has 204 valence electrons. The molecule has 2 aliphatic rings. The highest BCUT2D eigenvalue weighted by atomic mass is 16.5. The molecule has 0 saturated heterocycles. The number of unbranched alkanes of at least 4 members (excludes halogenated alkanes) is 8. The predicted octanol–water partition coefficient (Wildman–Crippen LogP) is 7.93. The molecule has 1 atom stereocenters. The van der Waals surface area contributed by atoms with Gasteiger partial charge < -0.3 is 14.2 Å². The average molecular weight is 495 g/mol. The molecule has 2 rings (SSSR count). The standard InChI is InChI=1S/C30H54O5/c1-4-6-8-10-11-13-23-33-27-19-15-26(16-20-27)30(32)35-28-21-17-25(18-22-28)29(31)34-24(3)14-12-9-7-5-2/h24-28H,4-23H2,1-3H3. The van der Waals surface area contributed by atoms with Crippen LogP contribution in [-0.2, 0) is 23.8 Å². The van der Waals surface area contributed by atoms with Gasteiger partial charge in [-0.15, -0.1) is 0 Å². The molecule has 2 fully saturated rings. The third kappa shape index (κ3) is 12.6. The zero-order valence-corrected chi connectivity index (χ0v) is 23.1. The van der Waals surface area contributed by atoms with Crippen molar-refractivity contribution < 1.29 is 23.8 Å². The molecule has 5 heteroatoms. The van der Waals surface area contributed by atoms with Crippen LogP contribution < -0.4 is 0 Å². The van der Waals surface area contributed by atoms with Gasteiger partial charge in [0.2, 0.25) is 0 Å². The van der Waals surface area contributed by atoms with Crippen LogP contribution in [-0.4, -0.2) is 36.9 Å². The molecule has 2 aliphatic carbocycles. The van der Waals surface area contributed by atoms with Crippen molar-refractivity contribution in [3.63, 3.8) is 0 Å². The molecular formula is C30H54O5. The summed E-state index contributed by atoms with van der Waals surface area (Å²) in [5.74, 6) is -0.120. The van der Waals surface area contributed by atoms with E-state index in [1.807, 2.05) is 6.92 Å². The minimum Gasteiger partial charge on any atom is -0.462 e. The Labute approximate surface area is 215 Å². The van der Waals surface area contributed by atoms with Crippen molar-refractivity contribution in [1.82, 2.24) is 0 Å². The van der Waals surface area contributed by atoms with Crippen molar-refractivity contribution in [3.05, 3.63) is 0 Å². The van der Waals surface area contributed by atoms with E-state index in [0.717, 1.165) is 77.2 Å². The van der Waals surface area contributed by atoms with Gasteiger partial charge >= 0.3 is 11.9 Å². The van der Waals surface area contributed by atoms with Crippen LogP contribution in [0.3, 0.4) is 0 Å². The van der Waals surface area contributed by atoms with Gasteiger partial charge in [0.1, 0.15) is 6.10 Å². The summed E-state index contributed by atoms with van der Waals surface area (Å²) < 4.78 is 17.6. The Hall–Kier alpha value is -1.10. The highest BCUT2D eigenvalue weighted by Crippen LogP contribution is 2.31. The quantitative estimate of drug-likeness (QED) is 0.152. The first kappa shape index (κ1) is 30.1. The largest absolute Gasteiger partial charge is 0.462 e. The highest BCUT2D eigenvalue weighted by Gasteiger charge is 2.33. The number of esters is 2. The Morgan fingerprint density at radius 2 is 1.17 bits per heavy atom. The molecular weight excluding hydrogens is 440 g/mol. The number of hydrogen-bond donors (Lipinski definition) is 0. The lowest BCUT2D eigenvalue weighted by Gasteiger charge is -2.31. The smallest absolute Gasteiger partial charge is 0.309 e. The van der Waals surface area contributed by atoms with E-state index in [2.05, 4.69) is 13.8 Å². The van der Waals surface area contributed by atoms with Gasteiger partial charge in [0.15, 0.2) is 0 Å². The van der Waals surface area contributed by atoms with Crippen molar-refractivity contribution in [2.45, 2.75) is 161 Å². The van der Waals surface area contributed by atoms with Crippen molar-refractivity contribution in [2.24, 2.45) is 11.8 Å². The van der Waals surface area contributed by atoms with Crippen LogP contribution in [0.1, 0.15) is 143 Å². The van der Waals surface area contributed by atoms with Gasteiger partial charge in [-0.2, -0.15) is 0 Å². The van der Waals surface area contributed by atoms with Crippen molar-refractivity contribution >= 4 is 11.9 Å². The van der Waals surface area contributed by atoms with E-state index in [0.29, 0.717) is 6.10 Å². The van der Waals surface area contributed by atoms with Gasteiger partial charge in [0.25, 0.3) is 0 Å². The molecule has 1 unspecified atom stereocenters. The second-order valence-corrected chi connectivity index (χ2v) is 11.1. The fourth-order valence-corrected chi connectivity index (χ4v) is 5.49. The summed E-state index contributed by atoms with van der Waals surface area (Å²) >= 11 is 0. The first-order valence-electron chi connectivity index (χ1n) is 15.1. The molecule has 0 radical (unpaired) electrons. The molecule has 0 aromatic rings. The van der Waals surface area contributed by atoms with Crippen LogP contribution in [0.5, 0.6) is 0 Å². The van der Waals surface area contributed by atoms with Gasteiger partial charge in [-0.3, -0.25) is 9.59 Å². The summed E-state index contributed by atoms with van der Waals surface area (Å²) in [6, 6.07) is 0. The Morgan fingerprint density at radius 3 is 1.80 bits per heavy atom. The molecule has 2 saturated carbocycles. The van der Waals surface area contributed by atoms with Crippen LogP contribution in [0.15, 0.2) is 0 Å². The van der Waals surface area contributed by atoms with Crippen LogP contribution >= 0.6 is 0 Å². The van der Waals surface area contributed by atoms with Gasteiger partial charge in [0.05, 0.1) is 24.0 Å². The van der Waals surface area contributed by atoms with Crippen LogP contribution in [0.4, 0.5) is 0 Å². The van der Waals surface area contributed by atoms with E-state index in [1.54, 1.807) is 0 Å². The fraction of sp³-hybridized carbons (Fsp3) is 0.933. The Balaban J connectivity index is 1.54. The van der Waals surface area contributed by atoms with E-state index in [-0.39, 0.29) is 36.0 Å². The maximum Gasteiger partial charge on any atom is 0.309 e. The predicted molar refractivity (Wildman–Crippen MR) is 141 cm³/mol. The summed E-state index contributed by atoms with van der Waals surface area (Å²) in [6.07, 6.45) is 20.5. The maximum absolute atomic E-state index is 12.7. The lowest BCUT2D eigenvalue weighted by atomic mass is 9.86. The molecule has 0 aromatic carbocycles. The number of rotatable bonds is 17. The molecule has 0 amide bonds. The Kier molecular flexibility index (Phi) is 15.7. The van der Waals surface area contributed by atoms with Crippen molar-refractivity contribution in [1.29, 1.82) is 0 Å². The lowest BCUT2D eigenvalue weighted by Crippen LogP contribution is -2.33. The zero-order valence-electron chi connectivity index (χ0n) is 23.1. The first-order valence-corrected chi connectivity index (χ1v) is 15.1. The number of carbonyl (C=O) groups is 2. The molecule has 0 spiro atoms. The van der Waals surface area contributed by atoms with Gasteiger partial charge in [-0.25, -0.2) is 0 Å². The molecule has 0 aromatic heterocycles. The third-order valence-electron chi connectivity index (χ3n) is 7.93. The minimum atomic E-state index is -0.0583. The zero-order chi connectivity index (χ0) is 25.3. The van der Waals surface area contributed by atoms with E-state index in [9.17, 15) is 9.59 Å². The highest BCUT2D eigenvalue weighted by molar-refractivity contribution is 5.73. The molecule has 0 heterocycles. The fourth-order valence-electron chi connectivity index (χ4n) is 5.49. The maximum atomic E-state index is 12.7. The average Bonchev–Trinajstić information content (AvgIpc) is 2.87. The lowest BCUT2D eigenvalue weighted by molar-refractivity contribution is -0.161. The normalized spacial score (nSPS) is 25.7. The topological polar surface area (TPSA) is 61.8 Å². The third-order valence-corrected chi connectivity index (χ3v) is 7.93. The summed E-state index contributed by atoms with van der Waals surface area (Å²) in [5.41, 5.74) is 0. The first-order chi connectivity index (χ1) is 17.0. The number of carbonyl (C=O) groups excluding carboxylic acids is 2. The Bertz CT molecular complexity index is 561. The summed E-state index contributed by atoms with van der Waals surface area (Å²) in [6.45, 7) is 7.31. The summed E-state index contributed by atoms with van der Waals surface area (Å²) in [7, 11) is 0.